The zero-order valence-corrected chi connectivity index (χ0v) is 14.1. The fourth-order valence-corrected chi connectivity index (χ4v) is 2.16. The summed E-state index contributed by atoms with van der Waals surface area (Å²) in [5.74, 6) is -0.708. The van der Waals surface area contributed by atoms with Crippen molar-refractivity contribution in [3.63, 3.8) is 0 Å². The topological polar surface area (TPSA) is 70.6 Å². The first-order valence-corrected chi connectivity index (χ1v) is 7.76. The lowest BCUT2D eigenvalue weighted by Crippen LogP contribution is -2.34. The number of hydrogen-bond donors (Lipinski definition) is 2. The molecule has 23 heavy (non-hydrogen) atoms. The maximum atomic E-state index is 11.9. The highest BCUT2D eigenvalue weighted by Crippen LogP contribution is 2.11. The molecule has 2 aromatic rings. The quantitative estimate of drug-likeness (QED) is 0.624. The summed E-state index contributed by atoms with van der Waals surface area (Å²) in [5.41, 5.74) is 4.89. The number of nitrogens with one attached hydrogen (secondary N) is 2. The number of halogens is 1. The predicted molar refractivity (Wildman–Crippen MR) is 93.4 cm³/mol. The van der Waals surface area contributed by atoms with Gasteiger partial charge in [-0.25, -0.2) is 5.43 Å². The number of carbonyl (C=O) groups excluding carboxylic acids is 2. The van der Waals surface area contributed by atoms with Crippen molar-refractivity contribution >= 4 is 34.0 Å². The lowest BCUT2D eigenvalue weighted by atomic mass is 10.2. The third-order valence-electron chi connectivity index (χ3n) is 2.98. The molecule has 0 unspecified atom stereocenters. The highest BCUT2D eigenvalue weighted by Gasteiger charge is 2.07. The van der Waals surface area contributed by atoms with Crippen LogP contribution >= 0.6 is 15.9 Å². The predicted octanol–water partition coefficient (Wildman–Crippen LogP) is 2.64. The average molecular weight is 374 g/mol. The van der Waals surface area contributed by atoms with Crippen molar-refractivity contribution in [2.75, 3.05) is 6.54 Å². The zero-order chi connectivity index (χ0) is 16.7. The molecule has 0 atom stereocenters. The summed E-state index contributed by atoms with van der Waals surface area (Å²) in [6.45, 7) is 1.85. The van der Waals surface area contributed by atoms with Crippen LogP contribution < -0.4 is 10.7 Å². The van der Waals surface area contributed by atoms with Crippen LogP contribution in [0.1, 0.15) is 21.5 Å². The van der Waals surface area contributed by atoms with Crippen molar-refractivity contribution in [1.29, 1.82) is 0 Å². The molecule has 0 spiro atoms. The molecule has 0 bridgehead atoms. The molecule has 0 heterocycles. The van der Waals surface area contributed by atoms with Gasteiger partial charge in [0, 0.05) is 10.0 Å². The largest absolute Gasteiger partial charge is 0.343 e. The molecular weight excluding hydrogens is 358 g/mol. The van der Waals surface area contributed by atoms with E-state index in [1.165, 1.54) is 0 Å². The minimum absolute atomic E-state index is 0.142. The molecular formula is C17H16BrN3O2. The molecule has 0 fully saturated rings. The summed E-state index contributed by atoms with van der Waals surface area (Å²) in [5, 5.41) is 6.39. The molecule has 2 N–H and O–H groups in total. The summed E-state index contributed by atoms with van der Waals surface area (Å²) < 4.78 is 0.803. The Morgan fingerprint density at radius 2 is 1.91 bits per heavy atom. The first-order chi connectivity index (χ1) is 11.0. The number of aryl methyl sites for hydroxylation is 1. The van der Waals surface area contributed by atoms with E-state index in [0.29, 0.717) is 5.56 Å². The Morgan fingerprint density at radius 3 is 2.61 bits per heavy atom. The van der Waals surface area contributed by atoms with Gasteiger partial charge in [-0.2, -0.15) is 5.10 Å². The van der Waals surface area contributed by atoms with E-state index in [9.17, 15) is 9.59 Å². The van der Waals surface area contributed by atoms with Gasteiger partial charge >= 0.3 is 0 Å². The van der Waals surface area contributed by atoms with E-state index in [1.54, 1.807) is 24.4 Å². The zero-order valence-electron chi connectivity index (χ0n) is 12.5. The van der Waals surface area contributed by atoms with Gasteiger partial charge in [-0.3, -0.25) is 9.59 Å². The molecule has 0 aliphatic heterocycles. The maximum Gasteiger partial charge on any atom is 0.259 e. The van der Waals surface area contributed by atoms with Crippen molar-refractivity contribution in [2.24, 2.45) is 5.10 Å². The van der Waals surface area contributed by atoms with Gasteiger partial charge in [0.15, 0.2) is 0 Å². The molecule has 0 saturated heterocycles. The standard InChI is InChI=1S/C17H16BrN3O2/c1-12-5-7-13(8-6-12)10-20-21-16(22)11-19-17(23)14-3-2-4-15(18)9-14/h2-10H,11H2,1H3,(H,19,23)(H,21,22). The summed E-state index contributed by atoms with van der Waals surface area (Å²) in [4.78, 5) is 23.5. The Hall–Kier alpha value is -2.47. The molecule has 2 amide bonds. The molecule has 2 rings (SSSR count). The van der Waals surface area contributed by atoms with Crippen molar-refractivity contribution in [1.82, 2.24) is 10.7 Å². The van der Waals surface area contributed by atoms with Gasteiger partial charge in [0.05, 0.1) is 12.8 Å². The molecule has 2 aromatic carbocycles. The summed E-state index contributed by atoms with van der Waals surface area (Å²) in [6.07, 6.45) is 1.55. The van der Waals surface area contributed by atoms with Gasteiger partial charge in [-0.1, -0.05) is 51.8 Å². The van der Waals surface area contributed by atoms with Gasteiger partial charge in [-0.05, 0) is 30.7 Å². The van der Waals surface area contributed by atoms with Crippen LogP contribution in [0.2, 0.25) is 0 Å². The average Bonchev–Trinajstić information content (AvgIpc) is 2.54. The Bertz CT molecular complexity index is 727. The number of rotatable bonds is 5. The van der Waals surface area contributed by atoms with Gasteiger partial charge in [0.2, 0.25) is 0 Å². The van der Waals surface area contributed by atoms with Crippen LogP contribution in [0.3, 0.4) is 0 Å². The van der Waals surface area contributed by atoms with Crippen LogP contribution in [0.4, 0.5) is 0 Å². The van der Waals surface area contributed by atoms with Crippen molar-refractivity contribution < 1.29 is 9.59 Å². The molecule has 6 heteroatoms. The van der Waals surface area contributed by atoms with Crippen LogP contribution in [0, 0.1) is 6.92 Å². The highest BCUT2D eigenvalue weighted by molar-refractivity contribution is 9.10. The highest BCUT2D eigenvalue weighted by atomic mass is 79.9. The lowest BCUT2D eigenvalue weighted by Gasteiger charge is -2.04. The first kappa shape index (κ1) is 16.9. The number of benzene rings is 2. The van der Waals surface area contributed by atoms with Crippen molar-refractivity contribution in [2.45, 2.75) is 6.92 Å². The van der Waals surface area contributed by atoms with Crippen molar-refractivity contribution in [3.05, 3.63) is 69.7 Å². The second kappa shape index (κ2) is 8.24. The molecule has 0 aliphatic rings. The van der Waals surface area contributed by atoms with E-state index in [1.807, 2.05) is 37.3 Å². The van der Waals surface area contributed by atoms with E-state index >= 15 is 0 Å². The Morgan fingerprint density at radius 1 is 1.17 bits per heavy atom. The monoisotopic (exact) mass is 373 g/mol. The van der Waals surface area contributed by atoms with Gasteiger partial charge in [0.25, 0.3) is 11.8 Å². The second-order valence-electron chi connectivity index (χ2n) is 4.90. The van der Waals surface area contributed by atoms with Crippen LogP contribution in [0.15, 0.2) is 58.1 Å². The smallest absolute Gasteiger partial charge is 0.259 e. The second-order valence-corrected chi connectivity index (χ2v) is 5.81. The van der Waals surface area contributed by atoms with E-state index in [-0.39, 0.29) is 12.5 Å². The first-order valence-electron chi connectivity index (χ1n) is 6.97. The Labute approximate surface area is 142 Å². The van der Waals surface area contributed by atoms with Crippen LogP contribution in [-0.4, -0.2) is 24.6 Å². The van der Waals surface area contributed by atoms with E-state index in [0.717, 1.165) is 15.6 Å². The molecule has 118 valence electrons. The normalized spacial score (nSPS) is 10.5. The molecule has 0 saturated carbocycles. The minimum atomic E-state index is -0.392. The number of hydrogen-bond acceptors (Lipinski definition) is 3. The number of hydrazone groups is 1. The maximum absolute atomic E-state index is 11.9. The molecule has 0 aromatic heterocycles. The third-order valence-corrected chi connectivity index (χ3v) is 3.47. The molecule has 0 aliphatic carbocycles. The third kappa shape index (κ3) is 5.67. The van der Waals surface area contributed by atoms with Crippen LogP contribution in [-0.2, 0) is 4.79 Å². The molecule has 0 radical (unpaired) electrons. The van der Waals surface area contributed by atoms with Crippen LogP contribution in [0.5, 0.6) is 0 Å². The number of amides is 2. The SMILES string of the molecule is Cc1ccc(C=NNC(=O)CNC(=O)c2cccc(Br)c2)cc1. The van der Waals surface area contributed by atoms with Gasteiger partial charge in [-0.15, -0.1) is 0 Å². The van der Waals surface area contributed by atoms with E-state index in [2.05, 4.69) is 31.8 Å². The molecule has 5 nitrogen and oxygen atoms in total. The van der Waals surface area contributed by atoms with Crippen molar-refractivity contribution in [3.8, 4) is 0 Å². The number of carbonyl (C=O) groups is 2. The van der Waals surface area contributed by atoms with E-state index in [4.69, 9.17) is 0 Å². The van der Waals surface area contributed by atoms with Crippen LogP contribution in [0.25, 0.3) is 0 Å². The fourth-order valence-electron chi connectivity index (χ4n) is 1.76. The van der Waals surface area contributed by atoms with Gasteiger partial charge < -0.3 is 5.32 Å². The summed E-state index contributed by atoms with van der Waals surface area (Å²) >= 11 is 3.29. The fraction of sp³-hybridized carbons (Fsp3) is 0.118. The Kier molecular flexibility index (Phi) is 6.05. The minimum Gasteiger partial charge on any atom is -0.343 e. The Balaban J connectivity index is 1.78. The summed E-state index contributed by atoms with van der Waals surface area (Å²) in [6, 6.07) is 14.7. The van der Waals surface area contributed by atoms with Gasteiger partial charge in [0.1, 0.15) is 0 Å². The number of nitrogens with zero attached hydrogens (tertiary/aromatic N) is 1. The summed E-state index contributed by atoms with van der Waals surface area (Å²) in [7, 11) is 0. The van der Waals surface area contributed by atoms with E-state index < -0.39 is 5.91 Å². The lowest BCUT2D eigenvalue weighted by molar-refractivity contribution is -0.120.